The number of rotatable bonds is 4. The smallest absolute Gasteiger partial charge is 0.225 e. The van der Waals surface area contributed by atoms with Crippen molar-refractivity contribution in [3.8, 4) is 5.75 Å². The molecule has 1 aromatic rings. The highest BCUT2D eigenvalue weighted by atomic mass is 16.5. The second-order valence-corrected chi connectivity index (χ2v) is 6.67. The largest absolute Gasteiger partial charge is 0.496 e. The van der Waals surface area contributed by atoms with Crippen molar-refractivity contribution in [2.24, 2.45) is 11.8 Å². The van der Waals surface area contributed by atoms with Crippen molar-refractivity contribution < 1.29 is 14.3 Å². The zero-order valence-corrected chi connectivity index (χ0v) is 13.8. The zero-order valence-electron chi connectivity index (χ0n) is 13.8. The van der Waals surface area contributed by atoms with Crippen molar-refractivity contribution in [1.29, 1.82) is 0 Å². The molecular formula is C19H25NO3. The van der Waals surface area contributed by atoms with Gasteiger partial charge in [0.1, 0.15) is 5.75 Å². The van der Waals surface area contributed by atoms with Crippen LogP contribution in [0.15, 0.2) is 24.3 Å². The second kappa shape index (κ2) is 7.16. The Hall–Kier alpha value is -1.84. The molecule has 2 fully saturated rings. The van der Waals surface area contributed by atoms with Crippen LogP contribution in [-0.2, 0) is 4.79 Å². The average Bonchev–Trinajstić information content (AvgIpc) is 3.15. The third-order valence-electron chi connectivity index (χ3n) is 5.18. The van der Waals surface area contributed by atoms with Crippen molar-refractivity contribution in [3.63, 3.8) is 0 Å². The topological polar surface area (TPSA) is 46.6 Å². The Morgan fingerprint density at radius 2 is 1.74 bits per heavy atom. The Kier molecular flexibility index (Phi) is 4.99. The van der Waals surface area contributed by atoms with Gasteiger partial charge in [0.15, 0.2) is 5.78 Å². The minimum Gasteiger partial charge on any atom is -0.496 e. The van der Waals surface area contributed by atoms with E-state index >= 15 is 0 Å². The van der Waals surface area contributed by atoms with Crippen LogP contribution in [0.25, 0.3) is 0 Å². The number of methoxy groups -OCH3 is 1. The molecular weight excluding hydrogens is 290 g/mol. The normalized spacial score (nSPS) is 22.1. The third-order valence-corrected chi connectivity index (χ3v) is 5.18. The van der Waals surface area contributed by atoms with Gasteiger partial charge >= 0.3 is 0 Å². The van der Waals surface area contributed by atoms with Crippen molar-refractivity contribution in [1.82, 2.24) is 4.90 Å². The van der Waals surface area contributed by atoms with Crippen molar-refractivity contribution in [3.05, 3.63) is 29.8 Å². The van der Waals surface area contributed by atoms with Gasteiger partial charge in [-0.25, -0.2) is 0 Å². The summed E-state index contributed by atoms with van der Waals surface area (Å²) in [6.07, 6.45) is 6.11. The Bertz CT molecular complexity index is 578. The number of hydrogen-bond acceptors (Lipinski definition) is 3. The first kappa shape index (κ1) is 16.0. The first-order valence-electron chi connectivity index (χ1n) is 8.66. The van der Waals surface area contributed by atoms with E-state index in [1.54, 1.807) is 7.11 Å². The summed E-state index contributed by atoms with van der Waals surface area (Å²) in [5, 5.41) is 0. The van der Waals surface area contributed by atoms with Gasteiger partial charge in [-0.3, -0.25) is 9.59 Å². The van der Waals surface area contributed by atoms with E-state index in [0.717, 1.165) is 45.1 Å². The number of Topliss-reactive ketones (excluding diaryl/α,β-unsaturated/α-hetero) is 1. The van der Waals surface area contributed by atoms with Crippen LogP contribution in [0.1, 0.15) is 48.9 Å². The molecule has 1 atom stereocenters. The van der Waals surface area contributed by atoms with E-state index in [0.29, 0.717) is 17.9 Å². The summed E-state index contributed by atoms with van der Waals surface area (Å²) in [5.41, 5.74) is 0.634. The summed E-state index contributed by atoms with van der Waals surface area (Å²) in [5.74, 6) is 1.07. The maximum Gasteiger partial charge on any atom is 0.225 e. The van der Waals surface area contributed by atoms with Gasteiger partial charge in [0, 0.05) is 24.9 Å². The number of benzene rings is 1. The number of carbonyl (C=O) groups is 2. The molecule has 0 spiro atoms. The molecule has 0 radical (unpaired) electrons. The maximum atomic E-state index is 12.9. The van der Waals surface area contributed by atoms with Crippen LogP contribution in [0.5, 0.6) is 5.75 Å². The number of hydrogen-bond donors (Lipinski definition) is 0. The molecule has 0 aromatic heterocycles. The number of amides is 1. The summed E-state index contributed by atoms with van der Waals surface area (Å²) >= 11 is 0. The summed E-state index contributed by atoms with van der Waals surface area (Å²) in [4.78, 5) is 27.4. The molecule has 0 bridgehead atoms. The molecule has 4 heteroatoms. The fraction of sp³-hybridized carbons (Fsp3) is 0.579. The van der Waals surface area contributed by atoms with E-state index in [1.807, 2.05) is 29.2 Å². The van der Waals surface area contributed by atoms with Crippen LogP contribution in [0.4, 0.5) is 0 Å². The molecule has 4 nitrogen and oxygen atoms in total. The molecule has 1 aliphatic carbocycles. The molecule has 0 unspecified atom stereocenters. The van der Waals surface area contributed by atoms with Crippen LogP contribution in [-0.4, -0.2) is 36.8 Å². The van der Waals surface area contributed by atoms with E-state index in [2.05, 4.69) is 0 Å². The van der Waals surface area contributed by atoms with E-state index in [4.69, 9.17) is 4.74 Å². The molecule has 0 N–H and O–H groups in total. The van der Waals surface area contributed by atoms with Crippen LogP contribution in [0.3, 0.4) is 0 Å². The standard InChI is InChI=1S/C19H25NO3/c1-23-17-11-5-4-10-16(17)18(21)15-9-6-12-20(13-15)19(22)14-7-2-3-8-14/h4-5,10-11,14-15H,2-3,6-9,12-13H2,1H3/t15-/m1/s1. The monoisotopic (exact) mass is 315 g/mol. The highest BCUT2D eigenvalue weighted by molar-refractivity contribution is 6.00. The molecule has 2 aliphatic rings. The highest BCUT2D eigenvalue weighted by Crippen LogP contribution is 2.30. The van der Waals surface area contributed by atoms with Gasteiger partial charge in [-0.1, -0.05) is 25.0 Å². The molecule has 3 rings (SSSR count). The van der Waals surface area contributed by atoms with Crippen LogP contribution < -0.4 is 4.74 Å². The van der Waals surface area contributed by atoms with Gasteiger partial charge in [0.05, 0.1) is 12.7 Å². The number of ketones is 1. The lowest BCUT2D eigenvalue weighted by molar-refractivity contribution is -0.136. The summed E-state index contributed by atoms with van der Waals surface area (Å²) < 4.78 is 5.31. The van der Waals surface area contributed by atoms with Crippen LogP contribution in [0, 0.1) is 11.8 Å². The SMILES string of the molecule is COc1ccccc1C(=O)[C@@H]1CCCN(C(=O)C2CCCC2)C1. The Morgan fingerprint density at radius 3 is 2.48 bits per heavy atom. The summed E-state index contributed by atoms with van der Waals surface area (Å²) in [6.45, 7) is 1.36. The van der Waals surface area contributed by atoms with Crippen LogP contribution in [0.2, 0.25) is 0 Å². The van der Waals surface area contributed by atoms with Crippen molar-refractivity contribution in [2.75, 3.05) is 20.2 Å². The predicted octanol–water partition coefficient (Wildman–Crippen LogP) is 3.31. The molecule has 23 heavy (non-hydrogen) atoms. The lowest BCUT2D eigenvalue weighted by Crippen LogP contribution is -2.44. The summed E-state index contributed by atoms with van der Waals surface area (Å²) in [7, 11) is 1.59. The van der Waals surface area contributed by atoms with E-state index in [-0.39, 0.29) is 23.5 Å². The lowest BCUT2D eigenvalue weighted by atomic mass is 9.89. The molecule has 124 valence electrons. The molecule has 1 heterocycles. The first-order valence-corrected chi connectivity index (χ1v) is 8.66. The Balaban J connectivity index is 1.70. The number of piperidine rings is 1. The van der Waals surface area contributed by atoms with E-state index in [9.17, 15) is 9.59 Å². The minimum atomic E-state index is -0.106. The highest BCUT2D eigenvalue weighted by Gasteiger charge is 2.33. The molecule has 1 amide bonds. The number of ether oxygens (including phenoxy) is 1. The number of para-hydroxylation sites is 1. The van der Waals surface area contributed by atoms with Crippen molar-refractivity contribution >= 4 is 11.7 Å². The van der Waals surface area contributed by atoms with E-state index in [1.165, 1.54) is 0 Å². The van der Waals surface area contributed by atoms with Crippen molar-refractivity contribution in [2.45, 2.75) is 38.5 Å². The number of carbonyl (C=O) groups excluding carboxylic acids is 2. The second-order valence-electron chi connectivity index (χ2n) is 6.67. The molecule has 1 aromatic carbocycles. The van der Waals surface area contributed by atoms with Gasteiger partial charge in [0.25, 0.3) is 0 Å². The third kappa shape index (κ3) is 3.41. The quantitative estimate of drug-likeness (QED) is 0.801. The molecule has 1 saturated heterocycles. The van der Waals surface area contributed by atoms with Gasteiger partial charge < -0.3 is 9.64 Å². The summed E-state index contributed by atoms with van der Waals surface area (Å²) in [6, 6.07) is 7.36. The van der Waals surface area contributed by atoms with Gasteiger partial charge in [-0.2, -0.15) is 0 Å². The lowest BCUT2D eigenvalue weighted by Gasteiger charge is -2.33. The Labute approximate surface area is 137 Å². The fourth-order valence-electron chi connectivity index (χ4n) is 3.89. The van der Waals surface area contributed by atoms with Gasteiger partial charge in [-0.05, 0) is 37.8 Å². The minimum absolute atomic E-state index is 0.103. The number of likely N-dealkylation sites (tertiary alicyclic amines) is 1. The maximum absolute atomic E-state index is 12.9. The van der Waals surface area contributed by atoms with Gasteiger partial charge in [-0.15, -0.1) is 0 Å². The van der Waals surface area contributed by atoms with Crippen LogP contribution >= 0.6 is 0 Å². The number of nitrogens with zero attached hydrogens (tertiary/aromatic N) is 1. The van der Waals surface area contributed by atoms with E-state index < -0.39 is 0 Å². The fourth-order valence-corrected chi connectivity index (χ4v) is 3.89. The van der Waals surface area contributed by atoms with Gasteiger partial charge in [0.2, 0.25) is 5.91 Å². The first-order chi connectivity index (χ1) is 11.2. The molecule has 1 saturated carbocycles. The zero-order chi connectivity index (χ0) is 16.2. The predicted molar refractivity (Wildman–Crippen MR) is 88.6 cm³/mol. The molecule has 1 aliphatic heterocycles. The Morgan fingerprint density at radius 1 is 1.04 bits per heavy atom. The average molecular weight is 315 g/mol.